The molecule has 2 rings (SSSR count). The fourth-order valence-corrected chi connectivity index (χ4v) is 1.68. The monoisotopic (exact) mass is 296 g/mol. The average Bonchev–Trinajstić information content (AvgIpc) is 2.47. The van der Waals surface area contributed by atoms with Crippen molar-refractivity contribution in [2.75, 3.05) is 7.11 Å². The van der Waals surface area contributed by atoms with E-state index in [1.165, 1.54) is 37.4 Å². The number of halogens is 3. The molecule has 0 unspecified atom stereocenters. The maximum absolute atomic E-state index is 12.5. The van der Waals surface area contributed by atoms with Gasteiger partial charge in [0.2, 0.25) is 0 Å². The summed E-state index contributed by atoms with van der Waals surface area (Å²) < 4.78 is 47.9. The second-order valence-electron chi connectivity index (χ2n) is 4.15. The van der Waals surface area contributed by atoms with Crippen LogP contribution in [0.25, 0.3) is 0 Å². The molecule has 21 heavy (non-hydrogen) atoms. The van der Waals surface area contributed by atoms with Gasteiger partial charge in [0.1, 0.15) is 12.0 Å². The first kappa shape index (κ1) is 14.9. The van der Waals surface area contributed by atoms with E-state index in [1.807, 2.05) is 0 Å². The van der Waals surface area contributed by atoms with Crippen molar-refractivity contribution in [1.82, 2.24) is 0 Å². The predicted molar refractivity (Wildman–Crippen MR) is 69.9 cm³/mol. The molecule has 0 aliphatic heterocycles. The summed E-state index contributed by atoms with van der Waals surface area (Å²) in [5, 5.41) is 0. The first-order valence-electron chi connectivity index (χ1n) is 5.92. The van der Waals surface area contributed by atoms with Crippen LogP contribution in [0.5, 0.6) is 17.2 Å². The third kappa shape index (κ3) is 3.53. The number of aldehydes is 1. The van der Waals surface area contributed by atoms with Crippen LogP contribution in [0.15, 0.2) is 42.5 Å². The molecule has 3 nitrogen and oxygen atoms in total. The molecule has 2 aromatic carbocycles. The molecule has 0 atom stereocenters. The van der Waals surface area contributed by atoms with Gasteiger partial charge < -0.3 is 9.47 Å². The van der Waals surface area contributed by atoms with Crippen LogP contribution in [-0.2, 0) is 6.18 Å². The van der Waals surface area contributed by atoms with Gasteiger partial charge in [0.15, 0.2) is 11.5 Å². The highest BCUT2D eigenvalue weighted by atomic mass is 19.4. The molecule has 0 amide bonds. The van der Waals surface area contributed by atoms with E-state index in [2.05, 4.69) is 0 Å². The lowest BCUT2D eigenvalue weighted by molar-refractivity contribution is -0.137. The zero-order valence-electron chi connectivity index (χ0n) is 11.0. The molecule has 0 saturated heterocycles. The number of hydrogen-bond donors (Lipinski definition) is 0. The fraction of sp³-hybridized carbons (Fsp3) is 0.133. The van der Waals surface area contributed by atoms with Gasteiger partial charge >= 0.3 is 6.18 Å². The quantitative estimate of drug-likeness (QED) is 0.788. The van der Waals surface area contributed by atoms with Crippen LogP contribution in [0.4, 0.5) is 13.2 Å². The highest BCUT2D eigenvalue weighted by Gasteiger charge is 2.30. The van der Waals surface area contributed by atoms with E-state index in [4.69, 9.17) is 9.47 Å². The summed E-state index contributed by atoms with van der Waals surface area (Å²) in [6, 6.07) is 8.82. The number of benzene rings is 2. The molecule has 0 N–H and O–H groups in total. The zero-order valence-corrected chi connectivity index (χ0v) is 11.0. The fourth-order valence-electron chi connectivity index (χ4n) is 1.68. The molecule has 6 heteroatoms. The summed E-state index contributed by atoms with van der Waals surface area (Å²) in [6.45, 7) is 0. The number of ether oxygens (including phenoxy) is 2. The van der Waals surface area contributed by atoms with Crippen molar-refractivity contribution < 1.29 is 27.4 Å². The SMILES string of the molecule is COc1cc(C=O)ccc1Oc1ccc(C(F)(F)F)cc1. The number of hydrogen-bond acceptors (Lipinski definition) is 3. The largest absolute Gasteiger partial charge is 0.493 e. The molecular formula is C15H11F3O3. The van der Waals surface area contributed by atoms with Crippen LogP contribution >= 0.6 is 0 Å². The third-order valence-corrected chi connectivity index (χ3v) is 2.73. The van der Waals surface area contributed by atoms with E-state index in [0.717, 1.165) is 12.1 Å². The average molecular weight is 296 g/mol. The Morgan fingerprint density at radius 1 is 1.00 bits per heavy atom. The number of carbonyl (C=O) groups is 1. The molecule has 0 aromatic heterocycles. The summed E-state index contributed by atoms with van der Waals surface area (Å²) in [5.74, 6) is 0.863. The van der Waals surface area contributed by atoms with Crippen LogP contribution in [-0.4, -0.2) is 13.4 Å². The van der Waals surface area contributed by atoms with Gasteiger partial charge in [-0.2, -0.15) is 13.2 Å². The summed E-state index contributed by atoms with van der Waals surface area (Å²) in [4.78, 5) is 10.7. The van der Waals surface area contributed by atoms with Gasteiger partial charge in [-0.1, -0.05) is 0 Å². The van der Waals surface area contributed by atoms with Crippen molar-refractivity contribution in [3.8, 4) is 17.2 Å². The van der Waals surface area contributed by atoms with Crippen LogP contribution in [0, 0.1) is 0 Å². The lowest BCUT2D eigenvalue weighted by Gasteiger charge is -2.12. The van der Waals surface area contributed by atoms with Crippen molar-refractivity contribution in [2.45, 2.75) is 6.18 Å². The number of rotatable bonds is 4. The minimum Gasteiger partial charge on any atom is -0.493 e. The lowest BCUT2D eigenvalue weighted by atomic mass is 10.2. The van der Waals surface area contributed by atoms with E-state index in [-0.39, 0.29) is 5.75 Å². The molecule has 0 heterocycles. The topological polar surface area (TPSA) is 35.5 Å². The molecule has 0 spiro atoms. The van der Waals surface area contributed by atoms with Crippen molar-refractivity contribution >= 4 is 6.29 Å². The summed E-state index contributed by atoms with van der Waals surface area (Å²) in [7, 11) is 1.41. The Bertz CT molecular complexity index is 634. The van der Waals surface area contributed by atoms with E-state index >= 15 is 0 Å². The van der Waals surface area contributed by atoms with Gasteiger partial charge in [0, 0.05) is 5.56 Å². The Labute approximate surface area is 118 Å². The minimum absolute atomic E-state index is 0.236. The van der Waals surface area contributed by atoms with Crippen LogP contribution in [0.2, 0.25) is 0 Å². The molecule has 0 aliphatic rings. The Hall–Kier alpha value is -2.50. The third-order valence-electron chi connectivity index (χ3n) is 2.73. The molecular weight excluding hydrogens is 285 g/mol. The van der Waals surface area contributed by atoms with E-state index in [1.54, 1.807) is 0 Å². The Morgan fingerprint density at radius 2 is 1.67 bits per heavy atom. The van der Waals surface area contributed by atoms with Crippen LogP contribution in [0.1, 0.15) is 15.9 Å². The molecule has 0 saturated carbocycles. The summed E-state index contributed by atoms with van der Waals surface area (Å²) in [6.07, 6.45) is -3.73. The van der Waals surface area contributed by atoms with Crippen molar-refractivity contribution in [2.24, 2.45) is 0 Å². The van der Waals surface area contributed by atoms with E-state index < -0.39 is 11.7 Å². The molecule has 0 fully saturated rings. The van der Waals surface area contributed by atoms with Gasteiger partial charge in [-0.15, -0.1) is 0 Å². The second-order valence-corrected chi connectivity index (χ2v) is 4.15. The molecule has 0 radical (unpaired) electrons. The molecule has 0 aliphatic carbocycles. The van der Waals surface area contributed by atoms with Crippen molar-refractivity contribution in [1.29, 1.82) is 0 Å². The predicted octanol–water partition coefficient (Wildman–Crippen LogP) is 4.32. The summed E-state index contributed by atoms with van der Waals surface area (Å²) in [5.41, 5.74) is -0.343. The normalized spacial score (nSPS) is 11.0. The highest BCUT2D eigenvalue weighted by molar-refractivity contribution is 5.76. The molecule has 110 valence electrons. The maximum Gasteiger partial charge on any atom is 0.416 e. The Morgan fingerprint density at radius 3 is 2.19 bits per heavy atom. The van der Waals surface area contributed by atoms with Crippen molar-refractivity contribution in [3.63, 3.8) is 0 Å². The number of methoxy groups -OCH3 is 1. The second kappa shape index (κ2) is 5.87. The van der Waals surface area contributed by atoms with E-state index in [0.29, 0.717) is 23.3 Å². The van der Waals surface area contributed by atoms with Crippen LogP contribution < -0.4 is 9.47 Å². The van der Waals surface area contributed by atoms with Gasteiger partial charge in [0.25, 0.3) is 0 Å². The number of alkyl halides is 3. The van der Waals surface area contributed by atoms with Gasteiger partial charge in [-0.3, -0.25) is 4.79 Å². The van der Waals surface area contributed by atoms with Gasteiger partial charge in [-0.05, 0) is 42.5 Å². The first-order chi connectivity index (χ1) is 9.94. The van der Waals surface area contributed by atoms with Gasteiger partial charge in [-0.25, -0.2) is 0 Å². The zero-order chi connectivity index (χ0) is 15.5. The lowest BCUT2D eigenvalue weighted by Crippen LogP contribution is -2.04. The molecule has 2 aromatic rings. The van der Waals surface area contributed by atoms with E-state index in [9.17, 15) is 18.0 Å². The van der Waals surface area contributed by atoms with Gasteiger partial charge in [0.05, 0.1) is 12.7 Å². The molecule has 0 bridgehead atoms. The maximum atomic E-state index is 12.5. The Kier molecular flexibility index (Phi) is 4.16. The van der Waals surface area contributed by atoms with Crippen molar-refractivity contribution in [3.05, 3.63) is 53.6 Å². The standard InChI is InChI=1S/C15H11F3O3/c1-20-14-8-10(9-19)2-7-13(14)21-12-5-3-11(4-6-12)15(16,17)18/h2-9H,1H3. The smallest absolute Gasteiger partial charge is 0.416 e. The summed E-state index contributed by atoms with van der Waals surface area (Å²) >= 11 is 0. The highest BCUT2D eigenvalue weighted by Crippen LogP contribution is 2.34. The van der Waals surface area contributed by atoms with Crippen LogP contribution in [0.3, 0.4) is 0 Å². The first-order valence-corrected chi connectivity index (χ1v) is 5.92. The minimum atomic E-state index is -4.39. The number of carbonyl (C=O) groups excluding carboxylic acids is 1. The Balaban J connectivity index is 2.24.